The average Bonchev–Trinajstić information content (AvgIpc) is 3.18. The van der Waals surface area contributed by atoms with Gasteiger partial charge in [0.05, 0.1) is 22.0 Å². The van der Waals surface area contributed by atoms with Gasteiger partial charge in [0.1, 0.15) is 0 Å². The van der Waals surface area contributed by atoms with Gasteiger partial charge in [-0.05, 0) is 30.7 Å². The van der Waals surface area contributed by atoms with Gasteiger partial charge in [-0.15, -0.1) is 11.3 Å². The summed E-state index contributed by atoms with van der Waals surface area (Å²) >= 11 is 1.63. The monoisotopic (exact) mass is 392 g/mol. The normalized spacial score (nSPS) is 18.7. The molecule has 0 spiro atoms. The van der Waals surface area contributed by atoms with E-state index in [-0.39, 0.29) is 17.2 Å². The summed E-state index contributed by atoms with van der Waals surface area (Å²) in [5.41, 5.74) is 2.49. The second-order valence-corrected chi connectivity index (χ2v) is 9.58. The first-order valence-electron chi connectivity index (χ1n) is 8.48. The van der Waals surface area contributed by atoms with Gasteiger partial charge in [-0.1, -0.05) is 0 Å². The summed E-state index contributed by atoms with van der Waals surface area (Å²) in [5, 5.41) is 5.83. The summed E-state index contributed by atoms with van der Waals surface area (Å²) in [5.74, 6) is -0.0968. The molecule has 0 unspecified atom stereocenters. The van der Waals surface area contributed by atoms with E-state index in [0.29, 0.717) is 31.9 Å². The predicted octanol–water partition coefficient (Wildman–Crippen LogP) is 1.45. The van der Waals surface area contributed by atoms with Gasteiger partial charge < -0.3 is 5.32 Å². The molecule has 1 N–H and O–H groups in total. The van der Waals surface area contributed by atoms with E-state index >= 15 is 0 Å². The molecule has 138 valence electrons. The molecule has 0 bridgehead atoms. The molecule has 4 rings (SSSR count). The van der Waals surface area contributed by atoms with E-state index in [0.717, 1.165) is 22.8 Å². The Labute approximate surface area is 156 Å². The molecule has 0 radical (unpaired) electrons. The molecule has 2 aliphatic heterocycles. The van der Waals surface area contributed by atoms with Crippen LogP contribution in [-0.2, 0) is 27.8 Å². The molecule has 1 saturated heterocycles. The van der Waals surface area contributed by atoms with Gasteiger partial charge in [-0.25, -0.2) is 13.4 Å². The van der Waals surface area contributed by atoms with Crippen LogP contribution in [0.3, 0.4) is 0 Å². The number of amides is 1. The van der Waals surface area contributed by atoms with E-state index in [4.69, 9.17) is 0 Å². The second kappa shape index (κ2) is 6.73. The van der Waals surface area contributed by atoms with Gasteiger partial charge in [0, 0.05) is 43.8 Å². The van der Waals surface area contributed by atoms with Crippen LogP contribution in [0.4, 0.5) is 5.69 Å². The lowest BCUT2D eigenvalue weighted by Gasteiger charge is -2.33. The molecule has 26 heavy (non-hydrogen) atoms. The number of benzene rings is 1. The standard InChI is InChI=1S/C17H20N4O3S2/c1-12-18-14(11-25-12)10-20-4-6-21(7-5-20)26(23,24)15-2-3-16-13(8-15)9-17(22)19-16/h2-3,8,11H,4-7,9-10H2,1H3,(H,19,22). The van der Waals surface area contributed by atoms with Crippen molar-refractivity contribution in [2.75, 3.05) is 31.5 Å². The Hall–Kier alpha value is -1.81. The number of hydrogen-bond acceptors (Lipinski definition) is 6. The summed E-state index contributed by atoms with van der Waals surface area (Å²) in [6, 6.07) is 4.87. The molecule has 1 aromatic heterocycles. The Morgan fingerprint density at radius 3 is 2.69 bits per heavy atom. The minimum absolute atomic E-state index is 0.0968. The maximum atomic E-state index is 12.9. The fourth-order valence-electron chi connectivity index (χ4n) is 3.35. The lowest BCUT2D eigenvalue weighted by Crippen LogP contribution is -2.48. The number of piperazine rings is 1. The topological polar surface area (TPSA) is 82.6 Å². The van der Waals surface area contributed by atoms with Crippen molar-refractivity contribution in [3.05, 3.63) is 39.8 Å². The van der Waals surface area contributed by atoms with E-state index < -0.39 is 10.0 Å². The van der Waals surface area contributed by atoms with E-state index in [1.165, 1.54) is 4.31 Å². The summed E-state index contributed by atoms with van der Waals surface area (Å²) in [7, 11) is -3.54. The third kappa shape index (κ3) is 3.39. The van der Waals surface area contributed by atoms with Crippen molar-refractivity contribution in [1.29, 1.82) is 0 Å². The van der Waals surface area contributed by atoms with Crippen molar-refractivity contribution >= 4 is 33.0 Å². The predicted molar refractivity (Wildman–Crippen MR) is 99.7 cm³/mol. The first-order chi connectivity index (χ1) is 12.4. The molecule has 9 heteroatoms. The number of hydrogen-bond donors (Lipinski definition) is 1. The Morgan fingerprint density at radius 2 is 2.00 bits per heavy atom. The third-order valence-electron chi connectivity index (χ3n) is 4.72. The molecule has 2 aromatic rings. The number of thiazole rings is 1. The van der Waals surface area contributed by atoms with Crippen molar-refractivity contribution in [1.82, 2.24) is 14.2 Å². The fourth-order valence-corrected chi connectivity index (χ4v) is 5.43. The lowest BCUT2D eigenvalue weighted by molar-refractivity contribution is -0.115. The van der Waals surface area contributed by atoms with E-state index in [1.54, 1.807) is 29.5 Å². The zero-order chi connectivity index (χ0) is 18.3. The summed E-state index contributed by atoms with van der Waals surface area (Å²) < 4.78 is 27.4. The van der Waals surface area contributed by atoms with Crippen LogP contribution in [-0.4, -0.2) is 54.7 Å². The lowest BCUT2D eigenvalue weighted by atomic mass is 10.2. The number of carbonyl (C=O) groups excluding carboxylic acids is 1. The van der Waals surface area contributed by atoms with Crippen LogP contribution in [0.15, 0.2) is 28.5 Å². The smallest absolute Gasteiger partial charge is 0.243 e. The number of nitrogens with one attached hydrogen (secondary N) is 1. The van der Waals surface area contributed by atoms with Crippen LogP contribution in [0.25, 0.3) is 0 Å². The quantitative estimate of drug-likeness (QED) is 0.852. The van der Waals surface area contributed by atoms with Crippen molar-refractivity contribution in [2.45, 2.75) is 24.8 Å². The summed E-state index contributed by atoms with van der Waals surface area (Å²) in [4.78, 5) is 18.4. The maximum Gasteiger partial charge on any atom is 0.243 e. The molecule has 0 aliphatic carbocycles. The molecule has 2 aliphatic rings. The molecule has 1 amide bonds. The molecular formula is C17H20N4O3S2. The van der Waals surface area contributed by atoms with Gasteiger partial charge in [-0.3, -0.25) is 9.69 Å². The second-order valence-electron chi connectivity index (χ2n) is 6.58. The van der Waals surface area contributed by atoms with Gasteiger partial charge in [0.15, 0.2) is 0 Å². The number of nitrogens with zero attached hydrogens (tertiary/aromatic N) is 3. The van der Waals surface area contributed by atoms with Crippen LogP contribution >= 0.6 is 11.3 Å². The van der Waals surface area contributed by atoms with Crippen molar-refractivity contribution < 1.29 is 13.2 Å². The van der Waals surface area contributed by atoms with Crippen LogP contribution in [0.5, 0.6) is 0 Å². The molecule has 3 heterocycles. The fraction of sp³-hybridized carbons (Fsp3) is 0.412. The third-order valence-corrected chi connectivity index (χ3v) is 7.44. The molecule has 1 aromatic carbocycles. The van der Waals surface area contributed by atoms with Crippen LogP contribution in [0, 0.1) is 6.92 Å². The number of fused-ring (bicyclic) bond motifs is 1. The summed E-state index contributed by atoms with van der Waals surface area (Å²) in [6.07, 6.45) is 0.236. The highest BCUT2D eigenvalue weighted by Gasteiger charge is 2.30. The van der Waals surface area contributed by atoms with Crippen molar-refractivity contribution in [3.8, 4) is 0 Å². The minimum Gasteiger partial charge on any atom is -0.326 e. The van der Waals surface area contributed by atoms with E-state index in [1.807, 2.05) is 6.92 Å². The Balaban J connectivity index is 1.43. The zero-order valence-electron chi connectivity index (χ0n) is 14.4. The number of carbonyl (C=O) groups is 1. The first kappa shape index (κ1) is 17.6. The number of aryl methyl sites for hydroxylation is 1. The molecule has 1 fully saturated rings. The number of rotatable bonds is 4. The molecule has 7 nitrogen and oxygen atoms in total. The SMILES string of the molecule is Cc1nc(CN2CCN(S(=O)(=O)c3ccc4c(c3)CC(=O)N4)CC2)cs1. The van der Waals surface area contributed by atoms with Gasteiger partial charge >= 0.3 is 0 Å². The van der Waals surface area contributed by atoms with Gasteiger partial charge in [-0.2, -0.15) is 4.31 Å². The highest BCUT2D eigenvalue weighted by Crippen LogP contribution is 2.27. The van der Waals surface area contributed by atoms with E-state index in [9.17, 15) is 13.2 Å². The Kier molecular flexibility index (Phi) is 4.55. The molecule has 0 saturated carbocycles. The molecule has 0 atom stereocenters. The largest absolute Gasteiger partial charge is 0.326 e. The van der Waals surface area contributed by atoms with Crippen LogP contribution in [0.1, 0.15) is 16.3 Å². The molecular weight excluding hydrogens is 372 g/mol. The maximum absolute atomic E-state index is 12.9. The van der Waals surface area contributed by atoms with E-state index in [2.05, 4.69) is 20.6 Å². The Morgan fingerprint density at radius 1 is 1.23 bits per heavy atom. The summed E-state index contributed by atoms with van der Waals surface area (Å²) in [6.45, 7) is 5.02. The van der Waals surface area contributed by atoms with Crippen molar-refractivity contribution in [2.24, 2.45) is 0 Å². The Bertz CT molecular complexity index is 947. The number of anilines is 1. The highest BCUT2D eigenvalue weighted by molar-refractivity contribution is 7.89. The zero-order valence-corrected chi connectivity index (χ0v) is 16.1. The number of sulfonamides is 1. The van der Waals surface area contributed by atoms with Crippen LogP contribution < -0.4 is 5.32 Å². The number of aromatic nitrogens is 1. The van der Waals surface area contributed by atoms with Gasteiger partial charge in [0.2, 0.25) is 15.9 Å². The average molecular weight is 393 g/mol. The van der Waals surface area contributed by atoms with Crippen LogP contribution in [0.2, 0.25) is 0 Å². The van der Waals surface area contributed by atoms with Gasteiger partial charge in [0.25, 0.3) is 0 Å². The van der Waals surface area contributed by atoms with Crippen molar-refractivity contribution in [3.63, 3.8) is 0 Å². The highest BCUT2D eigenvalue weighted by atomic mass is 32.2. The first-order valence-corrected chi connectivity index (χ1v) is 10.8. The minimum atomic E-state index is -3.54.